The zero-order valence-corrected chi connectivity index (χ0v) is 12.9. The summed E-state index contributed by atoms with van der Waals surface area (Å²) in [6, 6.07) is 6.42. The minimum absolute atomic E-state index is 0.00924. The molecule has 0 saturated heterocycles. The number of aromatic nitrogens is 1. The summed E-state index contributed by atoms with van der Waals surface area (Å²) in [5.74, 6) is 0.844. The van der Waals surface area contributed by atoms with Gasteiger partial charge < -0.3 is 10.1 Å². The van der Waals surface area contributed by atoms with Crippen molar-refractivity contribution in [1.29, 1.82) is 0 Å². The second kappa shape index (κ2) is 6.22. The number of pyridine rings is 1. The van der Waals surface area contributed by atoms with Crippen molar-refractivity contribution in [3.63, 3.8) is 0 Å². The van der Waals surface area contributed by atoms with Gasteiger partial charge in [-0.3, -0.25) is 4.98 Å². The Hall–Kier alpha value is -1.94. The van der Waals surface area contributed by atoms with Crippen LogP contribution in [0.25, 0.3) is 0 Å². The molecule has 0 saturated carbocycles. The molecule has 1 heterocycles. The molecule has 2 aromatic rings. The largest absolute Gasteiger partial charge is 0.455 e. The summed E-state index contributed by atoms with van der Waals surface area (Å²) in [6.07, 6.45) is 3.38. The molecular weight excluding hydrogens is 267 g/mol. The van der Waals surface area contributed by atoms with Crippen molar-refractivity contribution < 1.29 is 9.13 Å². The molecule has 1 aromatic carbocycles. The van der Waals surface area contributed by atoms with Crippen LogP contribution in [0.15, 0.2) is 36.7 Å². The van der Waals surface area contributed by atoms with Gasteiger partial charge >= 0.3 is 0 Å². The van der Waals surface area contributed by atoms with E-state index in [0.29, 0.717) is 18.0 Å². The molecule has 0 bridgehead atoms. The number of rotatable bonds is 4. The van der Waals surface area contributed by atoms with Gasteiger partial charge in [-0.25, -0.2) is 4.39 Å². The number of ether oxygens (including phenoxy) is 1. The molecule has 0 aliphatic rings. The SMILES string of the molecule is Cc1ccc(F)cc1Oc1cnccc1CNC(C)(C)C. The molecule has 0 aliphatic carbocycles. The van der Waals surface area contributed by atoms with Gasteiger partial charge in [0.05, 0.1) is 6.20 Å². The van der Waals surface area contributed by atoms with E-state index >= 15 is 0 Å². The van der Waals surface area contributed by atoms with Crippen molar-refractivity contribution in [3.8, 4) is 11.5 Å². The van der Waals surface area contributed by atoms with E-state index < -0.39 is 0 Å². The summed E-state index contributed by atoms with van der Waals surface area (Å²) in [4.78, 5) is 4.09. The molecule has 2 rings (SSSR count). The number of nitrogens with zero attached hydrogens (tertiary/aromatic N) is 1. The summed E-state index contributed by atoms with van der Waals surface area (Å²) >= 11 is 0. The Labute approximate surface area is 125 Å². The van der Waals surface area contributed by atoms with E-state index in [1.165, 1.54) is 12.1 Å². The van der Waals surface area contributed by atoms with Crippen molar-refractivity contribution in [1.82, 2.24) is 10.3 Å². The quantitative estimate of drug-likeness (QED) is 0.915. The summed E-state index contributed by atoms with van der Waals surface area (Å²) in [7, 11) is 0. The Morgan fingerprint density at radius 2 is 1.95 bits per heavy atom. The number of halogens is 1. The van der Waals surface area contributed by atoms with Crippen LogP contribution in [0.1, 0.15) is 31.9 Å². The molecule has 0 atom stereocenters. The Bertz CT molecular complexity index is 620. The zero-order chi connectivity index (χ0) is 15.5. The van der Waals surface area contributed by atoms with Gasteiger partial charge in [-0.1, -0.05) is 6.07 Å². The second-order valence-electron chi connectivity index (χ2n) is 6.10. The van der Waals surface area contributed by atoms with E-state index in [4.69, 9.17) is 4.74 Å². The second-order valence-corrected chi connectivity index (χ2v) is 6.10. The zero-order valence-electron chi connectivity index (χ0n) is 12.9. The first-order chi connectivity index (χ1) is 9.85. The first-order valence-corrected chi connectivity index (χ1v) is 6.97. The topological polar surface area (TPSA) is 34.1 Å². The van der Waals surface area contributed by atoms with E-state index in [1.54, 1.807) is 18.5 Å². The molecule has 112 valence electrons. The molecule has 0 amide bonds. The molecule has 0 fully saturated rings. The maximum Gasteiger partial charge on any atom is 0.150 e. The molecule has 0 radical (unpaired) electrons. The van der Waals surface area contributed by atoms with Crippen molar-refractivity contribution in [3.05, 3.63) is 53.6 Å². The fraction of sp³-hybridized carbons (Fsp3) is 0.353. The van der Waals surface area contributed by atoms with E-state index in [-0.39, 0.29) is 11.4 Å². The highest BCUT2D eigenvalue weighted by molar-refractivity contribution is 5.39. The average Bonchev–Trinajstić information content (AvgIpc) is 2.41. The fourth-order valence-corrected chi connectivity index (χ4v) is 1.81. The van der Waals surface area contributed by atoms with Crippen LogP contribution in [0.4, 0.5) is 4.39 Å². The number of hydrogen-bond acceptors (Lipinski definition) is 3. The van der Waals surface area contributed by atoms with Gasteiger partial charge in [0.15, 0.2) is 0 Å². The summed E-state index contributed by atoms with van der Waals surface area (Å²) < 4.78 is 19.2. The molecule has 0 aliphatic heterocycles. The lowest BCUT2D eigenvalue weighted by Crippen LogP contribution is -2.35. The Morgan fingerprint density at radius 1 is 1.19 bits per heavy atom. The molecular formula is C17H21FN2O. The minimum atomic E-state index is -0.311. The number of aryl methyl sites for hydroxylation is 1. The predicted molar refractivity (Wildman–Crippen MR) is 82.0 cm³/mol. The van der Waals surface area contributed by atoms with Crippen molar-refractivity contribution in [2.24, 2.45) is 0 Å². The van der Waals surface area contributed by atoms with Crippen LogP contribution in [-0.2, 0) is 6.54 Å². The molecule has 0 unspecified atom stereocenters. The highest BCUT2D eigenvalue weighted by Gasteiger charge is 2.12. The van der Waals surface area contributed by atoms with Crippen molar-refractivity contribution in [2.75, 3.05) is 0 Å². The highest BCUT2D eigenvalue weighted by atomic mass is 19.1. The molecule has 3 nitrogen and oxygen atoms in total. The lowest BCUT2D eigenvalue weighted by Gasteiger charge is -2.21. The molecule has 0 spiro atoms. The fourth-order valence-electron chi connectivity index (χ4n) is 1.81. The van der Waals surface area contributed by atoms with Gasteiger partial charge in [-0.2, -0.15) is 0 Å². The first-order valence-electron chi connectivity index (χ1n) is 6.97. The summed E-state index contributed by atoms with van der Waals surface area (Å²) in [5, 5.41) is 3.41. The van der Waals surface area contributed by atoms with Gasteiger partial charge in [0.25, 0.3) is 0 Å². The first kappa shape index (κ1) is 15.4. The molecule has 1 aromatic heterocycles. The van der Waals surface area contributed by atoms with Crippen LogP contribution in [0.3, 0.4) is 0 Å². The number of nitrogens with one attached hydrogen (secondary N) is 1. The lowest BCUT2D eigenvalue weighted by atomic mass is 10.1. The van der Waals surface area contributed by atoms with Crippen LogP contribution in [0, 0.1) is 12.7 Å². The number of hydrogen-bond donors (Lipinski definition) is 1. The predicted octanol–water partition coefficient (Wildman–Crippen LogP) is 4.21. The third-order valence-corrected chi connectivity index (χ3v) is 3.05. The third-order valence-electron chi connectivity index (χ3n) is 3.05. The Balaban J connectivity index is 2.22. The van der Waals surface area contributed by atoms with Gasteiger partial charge in [-0.15, -0.1) is 0 Å². The smallest absolute Gasteiger partial charge is 0.150 e. The van der Waals surface area contributed by atoms with Crippen molar-refractivity contribution >= 4 is 0 Å². The molecule has 4 heteroatoms. The van der Waals surface area contributed by atoms with Crippen LogP contribution in [0.5, 0.6) is 11.5 Å². The monoisotopic (exact) mass is 288 g/mol. The third kappa shape index (κ3) is 4.53. The molecule has 21 heavy (non-hydrogen) atoms. The summed E-state index contributed by atoms with van der Waals surface area (Å²) in [6.45, 7) is 8.86. The maximum absolute atomic E-state index is 13.3. The van der Waals surface area contributed by atoms with Crippen LogP contribution < -0.4 is 10.1 Å². The van der Waals surface area contributed by atoms with Gasteiger partial charge in [0, 0.05) is 29.9 Å². The van der Waals surface area contributed by atoms with E-state index in [1.807, 2.05) is 13.0 Å². The van der Waals surface area contributed by atoms with Crippen molar-refractivity contribution in [2.45, 2.75) is 39.8 Å². The standard InChI is InChI=1S/C17H21FN2O/c1-12-5-6-14(18)9-15(12)21-16-11-19-8-7-13(16)10-20-17(2,3)4/h5-9,11,20H,10H2,1-4H3. The number of benzene rings is 1. The maximum atomic E-state index is 13.3. The lowest BCUT2D eigenvalue weighted by molar-refractivity contribution is 0.412. The Morgan fingerprint density at radius 3 is 2.67 bits per heavy atom. The average molecular weight is 288 g/mol. The summed E-state index contributed by atoms with van der Waals surface area (Å²) in [5.41, 5.74) is 1.88. The van der Waals surface area contributed by atoms with E-state index in [2.05, 4.69) is 31.1 Å². The van der Waals surface area contributed by atoms with Gasteiger partial charge in [0.2, 0.25) is 0 Å². The van der Waals surface area contributed by atoms with Gasteiger partial charge in [-0.05, 0) is 45.4 Å². The molecule has 1 N–H and O–H groups in total. The van der Waals surface area contributed by atoms with Crippen LogP contribution in [0.2, 0.25) is 0 Å². The Kier molecular flexibility index (Phi) is 4.58. The van der Waals surface area contributed by atoms with E-state index in [0.717, 1.165) is 11.1 Å². The minimum Gasteiger partial charge on any atom is -0.455 e. The van der Waals surface area contributed by atoms with Gasteiger partial charge in [0.1, 0.15) is 17.3 Å². The highest BCUT2D eigenvalue weighted by Crippen LogP contribution is 2.28. The van der Waals surface area contributed by atoms with Crippen LogP contribution >= 0.6 is 0 Å². The normalized spacial score (nSPS) is 11.5. The van der Waals surface area contributed by atoms with Crippen LogP contribution in [-0.4, -0.2) is 10.5 Å². The van der Waals surface area contributed by atoms with E-state index in [9.17, 15) is 4.39 Å².